The summed E-state index contributed by atoms with van der Waals surface area (Å²) < 4.78 is 40.2. The number of carbonyl (C=O) groups excluding carboxylic acids is 2. The van der Waals surface area contributed by atoms with Crippen LogP contribution in [-0.4, -0.2) is 30.7 Å². The molecule has 0 spiro atoms. The molecule has 0 aliphatic heterocycles. The number of ether oxygens (including phenoxy) is 1. The lowest BCUT2D eigenvalue weighted by atomic mass is 10.2. The fourth-order valence-electron chi connectivity index (χ4n) is 0.864. The second-order valence-corrected chi connectivity index (χ2v) is 2.80. The van der Waals surface area contributed by atoms with Crippen LogP contribution in [0.15, 0.2) is 12.7 Å². The summed E-state index contributed by atoms with van der Waals surface area (Å²) >= 11 is 0. The maximum atomic E-state index is 11.9. The van der Waals surface area contributed by atoms with Crippen molar-refractivity contribution in [3.8, 4) is 0 Å². The monoisotopic (exact) mass is 239 g/mol. The van der Waals surface area contributed by atoms with Gasteiger partial charge in [-0.3, -0.25) is 4.79 Å². The van der Waals surface area contributed by atoms with Crippen molar-refractivity contribution in [3.63, 3.8) is 0 Å². The van der Waals surface area contributed by atoms with Crippen molar-refractivity contribution >= 4 is 11.9 Å². The first-order chi connectivity index (χ1) is 7.32. The first-order valence-corrected chi connectivity index (χ1v) is 4.48. The zero-order chi connectivity index (χ0) is 12.8. The predicted molar refractivity (Wildman–Crippen MR) is 49.4 cm³/mol. The molecule has 0 bridgehead atoms. The van der Waals surface area contributed by atoms with Crippen molar-refractivity contribution in [2.45, 2.75) is 25.6 Å². The van der Waals surface area contributed by atoms with Crippen molar-refractivity contribution in [2.75, 3.05) is 6.61 Å². The highest BCUT2D eigenvalue weighted by molar-refractivity contribution is 5.87. The molecular weight excluding hydrogens is 227 g/mol. The molecule has 7 heteroatoms. The Kier molecular flexibility index (Phi) is 5.55. The molecule has 0 fully saturated rings. The molecule has 0 aromatic carbocycles. The van der Waals surface area contributed by atoms with Gasteiger partial charge >= 0.3 is 18.1 Å². The van der Waals surface area contributed by atoms with Crippen molar-refractivity contribution < 1.29 is 27.5 Å². The first kappa shape index (κ1) is 14.5. The molecule has 0 rings (SSSR count). The Hall–Kier alpha value is -1.53. The Balaban J connectivity index is 4.50. The van der Waals surface area contributed by atoms with Gasteiger partial charge < -0.3 is 10.1 Å². The van der Waals surface area contributed by atoms with Crippen molar-refractivity contribution in [1.29, 1.82) is 0 Å². The molecule has 4 nitrogen and oxygen atoms in total. The molecule has 0 radical (unpaired) electrons. The van der Waals surface area contributed by atoms with Crippen LogP contribution in [0.3, 0.4) is 0 Å². The molecule has 0 heterocycles. The maximum absolute atomic E-state index is 11.9. The molecule has 1 atom stereocenters. The second kappa shape index (κ2) is 6.14. The lowest BCUT2D eigenvalue weighted by Crippen LogP contribution is -2.47. The molecule has 0 aliphatic carbocycles. The maximum Gasteiger partial charge on any atom is 0.471 e. The average Bonchev–Trinajstić information content (AvgIpc) is 2.15. The fourth-order valence-corrected chi connectivity index (χ4v) is 0.864. The van der Waals surface area contributed by atoms with Crippen molar-refractivity contribution in [3.05, 3.63) is 12.7 Å². The van der Waals surface area contributed by atoms with Gasteiger partial charge in [0.2, 0.25) is 0 Å². The van der Waals surface area contributed by atoms with Crippen LogP contribution in [-0.2, 0) is 14.3 Å². The van der Waals surface area contributed by atoms with Crippen LogP contribution < -0.4 is 5.32 Å². The highest BCUT2D eigenvalue weighted by Crippen LogP contribution is 2.15. The van der Waals surface area contributed by atoms with Crippen LogP contribution >= 0.6 is 0 Å². The van der Waals surface area contributed by atoms with E-state index in [1.54, 1.807) is 0 Å². The smallest absolute Gasteiger partial charge is 0.464 e. The normalized spacial score (nSPS) is 12.8. The molecule has 92 valence electrons. The van der Waals surface area contributed by atoms with E-state index < -0.39 is 24.1 Å². The van der Waals surface area contributed by atoms with Gasteiger partial charge in [-0.05, 0) is 13.3 Å². The summed E-state index contributed by atoms with van der Waals surface area (Å²) in [6.45, 7) is 4.80. The number of nitrogens with one attached hydrogen (secondary N) is 1. The number of amides is 1. The SMILES string of the molecule is C=CCC(NC(=O)C(F)(F)F)C(=O)OCC. The number of rotatable bonds is 5. The zero-order valence-electron chi connectivity index (χ0n) is 8.63. The summed E-state index contributed by atoms with van der Waals surface area (Å²) in [5.41, 5.74) is 0. The Morgan fingerprint density at radius 2 is 2.06 bits per heavy atom. The molecule has 0 saturated carbocycles. The molecule has 0 aromatic heterocycles. The minimum Gasteiger partial charge on any atom is -0.464 e. The number of halogens is 3. The molecule has 0 aliphatic rings. The summed E-state index contributed by atoms with van der Waals surface area (Å²) in [5, 5.41) is 1.53. The minimum atomic E-state index is -5.02. The van der Waals surface area contributed by atoms with Crippen molar-refractivity contribution in [1.82, 2.24) is 5.32 Å². The van der Waals surface area contributed by atoms with Gasteiger partial charge in [0.25, 0.3) is 0 Å². The number of hydrogen-bond acceptors (Lipinski definition) is 3. The average molecular weight is 239 g/mol. The number of hydrogen-bond donors (Lipinski definition) is 1. The summed E-state index contributed by atoms with van der Waals surface area (Å²) in [7, 11) is 0. The lowest BCUT2D eigenvalue weighted by Gasteiger charge is -2.16. The Bertz CT molecular complexity index is 276. The van der Waals surface area contributed by atoms with E-state index in [1.807, 2.05) is 0 Å². The van der Waals surface area contributed by atoms with E-state index in [1.165, 1.54) is 18.3 Å². The topological polar surface area (TPSA) is 55.4 Å². The third kappa shape index (κ3) is 4.81. The van der Waals surface area contributed by atoms with E-state index in [0.717, 1.165) is 0 Å². The quantitative estimate of drug-likeness (QED) is 0.578. The van der Waals surface area contributed by atoms with Crippen LogP contribution in [0.2, 0.25) is 0 Å². The molecule has 1 amide bonds. The van der Waals surface area contributed by atoms with Crippen molar-refractivity contribution in [2.24, 2.45) is 0 Å². The highest BCUT2D eigenvalue weighted by Gasteiger charge is 2.40. The van der Waals surface area contributed by atoms with Crippen LogP contribution in [0.5, 0.6) is 0 Å². The van der Waals surface area contributed by atoms with Crippen LogP contribution in [0, 0.1) is 0 Å². The molecule has 0 aromatic rings. The van der Waals surface area contributed by atoms with Gasteiger partial charge in [-0.15, -0.1) is 6.58 Å². The van der Waals surface area contributed by atoms with Gasteiger partial charge in [0.15, 0.2) is 0 Å². The van der Waals surface area contributed by atoms with Gasteiger partial charge in [-0.1, -0.05) is 6.08 Å². The largest absolute Gasteiger partial charge is 0.471 e. The first-order valence-electron chi connectivity index (χ1n) is 4.48. The van der Waals surface area contributed by atoms with Crippen LogP contribution in [0.4, 0.5) is 13.2 Å². The Morgan fingerprint density at radius 3 is 2.44 bits per heavy atom. The third-order valence-electron chi connectivity index (χ3n) is 1.54. The molecule has 1 unspecified atom stereocenters. The standard InChI is InChI=1S/C9H12F3NO3/c1-3-5-6(7(14)16-4-2)13-8(15)9(10,11)12/h3,6H,1,4-5H2,2H3,(H,13,15). The van der Waals surface area contributed by atoms with Gasteiger partial charge in [0.1, 0.15) is 6.04 Å². The highest BCUT2D eigenvalue weighted by atomic mass is 19.4. The van der Waals surface area contributed by atoms with E-state index in [4.69, 9.17) is 0 Å². The number of alkyl halides is 3. The summed E-state index contributed by atoms with van der Waals surface area (Å²) in [5.74, 6) is -3.09. The van der Waals surface area contributed by atoms with Crippen LogP contribution in [0.1, 0.15) is 13.3 Å². The van der Waals surface area contributed by atoms with Gasteiger partial charge in [0.05, 0.1) is 6.61 Å². The predicted octanol–water partition coefficient (Wildman–Crippen LogP) is 1.17. The number of esters is 1. The summed E-state index contributed by atoms with van der Waals surface area (Å²) in [6.07, 6.45) is -3.93. The minimum absolute atomic E-state index is 0.0222. The zero-order valence-corrected chi connectivity index (χ0v) is 8.63. The second-order valence-electron chi connectivity index (χ2n) is 2.80. The van der Waals surface area contributed by atoms with Gasteiger partial charge in [0, 0.05) is 0 Å². The van der Waals surface area contributed by atoms with Gasteiger partial charge in [-0.2, -0.15) is 13.2 Å². The lowest BCUT2D eigenvalue weighted by molar-refractivity contribution is -0.175. The summed E-state index contributed by atoms with van der Waals surface area (Å²) in [4.78, 5) is 21.7. The summed E-state index contributed by atoms with van der Waals surface area (Å²) in [6, 6.07) is -1.36. The fraction of sp³-hybridized carbons (Fsp3) is 0.556. The third-order valence-corrected chi connectivity index (χ3v) is 1.54. The molecular formula is C9H12F3NO3. The number of carbonyl (C=O) groups is 2. The Morgan fingerprint density at radius 1 is 1.50 bits per heavy atom. The molecule has 16 heavy (non-hydrogen) atoms. The van der Waals surface area contributed by atoms with Gasteiger partial charge in [-0.25, -0.2) is 4.79 Å². The van der Waals surface area contributed by atoms with E-state index in [0.29, 0.717) is 0 Å². The van der Waals surface area contributed by atoms with E-state index in [9.17, 15) is 22.8 Å². The van der Waals surface area contributed by atoms with E-state index in [2.05, 4.69) is 11.3 Å². The Labute approximate surface area is 90.5 Å². The van der Waals surface area contributed by atoms with E-state index >= 15 is 0 Å². The molecule has 0 saturated heterocycles. The van der Waals surface area contributed by atoms with Crippen LogP contribution in [0.25, 0.3) is 0 Å². The van der Waals surface area contributed by atoms with E-state index in [-0.39, 0.29) is 13.0 Å². The molecule has 1 N–H and O–H groups in total.